The summed E-state index contributed by atoms with van der Waals surface area (Å²) in [5.74, 6) is 0.177. The van der Waals surface area contributed by atoms with Gasteiger partial charge in [-0.2, -0.15) is 0 Å². The predicted molar refractivity (Wildman–Crippen MR) is 74.4 cm³/mol. The van der Waals surface area contributed by atoms with Gasteiger partial charge in [0.2, 0.25) is 5.11 Å². The molecule has 0 aromatic heterocycles. The van der Waals surface area contributed by atoms with Crippen LogP contribution in [-0.4, -0.2) is 23.5 Å². The van der Waals surface area contributed by atoms with Gasteiger partial charge in [-0.25, -0.2) is 0 Å². The fourth-order valence-electron chi connectivity index (χ4n) is 0.916. The number of phenolic OH excluding ortho intramolecular Hbond substituents is 1. The topological polar surface area (TPSA) is 58.3 Å². The molecule has 0 aliphatic carbocycles. The number of aromatic hydroxyl groups is 1. The molecule has 0 spiro atoms. The molecule has 0 heterocycles. The van der Waals surface area contributed by atoms with Crippen LogP contribution in [0.2, 0.25) is 0 Å². The SMILES string of the molecule is CNC(=S)N/[NH+]=C/c1cc(Br)c(O)c(Br)c1. The van der Waals surface area contributed by atoms with Gasteiger partial charge in [-0.05, 0) is 56.2 Å². The Hall–Kier alpha value is -0.660. The molecule has 0 fully saturated rings. The smallest absolute Gasteiger partial charge is 0.223 e. The van der Waals surface area contributed by atoms with Gasteiger partial charge in [-0.15, -0.1) is 10.5 Å². The van der Waals surface area contributed by atoms with Crippen molar-refractivity contribution >= 4 is 55.4 Å². The Morgan fingerprint density at radius 1 is 1.44 bits per heavy atom. The fraction of sp³-hybridized carbons (Fsp3) is 0.111. The summed E-state index contributed by atoms with van der Waals surface area (Å²) in [6.45, 7) is 0. The molecule has 0 bridgehead atoms. The van der Waals surface area contributed by atoms with Crippen molar-refractivity contribution in [3.63, 3.8) is 0 Å². The van der Waals surface area contributed by atoms with E-state index in [1.165, 1.54) is 0 Å². The number of hydrogen-bond acceptors (Lipinski definition) is 2. The number of hydrazine groups is 1. The third kappa shape index (κ3) is 3.73. The first kappa shape index (κ1) is 13.4. The number of halogens is 2. The molecule has 1 aromatic carbocycles. The lowest BCUT2D eigenvalue weighted by Crippen LogP contribution is -2.82. The molecule has 0 amide bonds. The van der Waals surface area contributed by atoms with Gasteiger partial charge in [0.05, 0.1) is 8.95 Å². The fourth-order valence-corrected chi connectivity index (χ4v) is 2.20. The highest BCUT2D eigenvalue weighted by Crippen LogP contribution is 2.32. The Morgan fingerprint density at radius 3 is 2.50 bits per heavy atom. The second kappa shape index (κ2) is 6.17. The molecule has 0 saturated heterocycles. The third-order valence-electron chi connectivity index (χ3n) is 1.69. The van der Waals surface area contributed by atoms with E-state index in [4.69, 9.17) is 12.2 Å². The Morgan fingerprint density at radius 2 is 2.00 bits per heavy atom. The van der Waals surface area contributed by atoms with Crippen LogP contribution in [0.5, 0.6) is 5.75 Å². The quantitative estimate of drug-likeness (QED) is 0.348. The number of hydrazone groups is 1. The molecular weight excluding hydrogens is 358 g/mol. The molecule has 0 unspecified atom stereocenters. The predicted octanol–water partition coefficient (Wildman–Crippen LogP) is 0.426. The first-order chi connectivity index (χ1) is 7.54. The summed E-state index contributed by atoms with van der Waals surface area (Å²) in [7, 11) is 1.73. The largest absolute Gasteiger partial charge is 0.506 e. The minimum absolute atomic E-state index is 0.177. The van der Waals surface area contributed by atoms with Gasteiger partial charge in [0.25, 0.3) is 0 Å². The first-order valence-corrected chi connectivity index (χ1v) is 6.28. The number of nitrogens with one attached hydrogen (secondary N) is 3. The van der Waals surface area contributed by atoms with E-state index in [0.717, 1.165) is 5.56 Å². The number of benzene rings is 1. The van der Waals surface area contributed by atoms with E-state index in [1.54, 1.807) is 25.4 Å². The lowest BCUT2D eigenvalue weighted by Gasteiger charge is -2.00. The molecule has 16 heavy (non-hydrogen) atoms. The summed E-state index contributed by atoms with van der Waals surface area (Å²) >= 11 is 11.4. The molecule has 4 nitrogen and oxygen atoms in total. The van der Waals surface area contributed by atoms with E-state index in [2.05, 4.69) is 47.7 Å². The Bertz CT molecular complexity index is 414. The van der Waals surface area contributed by atoms with Crippen LogP contribution >= 0.6 is 44.1 Å². The third-order valence-corrected chi connectivity index (χ3v) is 3.21. The number of rotatable bonds is 2. The van der Waals surface area contributed by atoms with E-state index in [0.29, 0.717) is 14.1 Å². The van der Waals surface area contributed by atoms with Crippen molar-refractivity contribution in [3.8, 4) is 5.75 Å². The summed E-state index contributed by atoms with van der Waals surface area (Å²) in [6.07, 6.45) is 1.72. The van der Waals surface area contributed by atoms with Crippen LogP contribution in [0.25, 0.3) is 0 Å². The highest BCUT2D eigenvalue weighted by Gasteiger charge is 2.05. The van der Waals surface area contributed by atoms with Crippen LogP contribution in [0, 0.1) is 0 Å². The van der Waals surface area contributed by atoms with E-state index in [1.807, 2.05) is 0 Å². The van der Waals surface area contributed by atoms with E-state index in [9.17, 15) is 5.11 Å². The number of hydrogen-bond donors (Lipinski definition) is 4. The van der Waals surface area contributed by atoms with Crippen LogP contribution in [-0.2, 0) is 0 Å². The van der Waals surface area contributed by atoms with Gasteiger partial charge in [-0.1, -0.05) is 0 Å². The Kier molecular flexibility index (Phi) is 5.17. The summed E-state index contributed by atoms with van der Waals surface area (Å²) in [5, 5.41) is 15.6. The van der Waals surface area contributed by atoms with Crippen molar-refractivity contribution in [3.05, 3.63) is 26.6 Å². The lowest BCUT2D eigenvalue weighted by molar-refractivity contribution is -0.500. The number of thiocarbonyl (C=S) groups is 1. The molecule has 0 aliphatic rings. The second-order valence-corrected chi connectivity index (χ2v) is 4.94. The second-order valence-electron chi connectivity index (χ2n) is 2.83. The van der Waals surface area contributed by atoms with Crippen LogP contribution < -0.4 is 15.8 Å². The average molecular weight is 368 g/mol. The van der Waals surface area contributed by atoms with Gasteiger partial charge < -0.3 is 10.4 Å². The minimum Gasteiger partial charge on any atom is -0.506 e. The van der Waals surface area contributed by atoms with Crippen molar-refractivity contribution in [2.75, 3.05) is 7.05 Å². The average Bonchev–Trinajstić information content (AvgIpc) is 2.25. The Balaban J connectivity index is 2.78. The summed E-state index contributed by atoms with van der Waals surface area (Å²) in [4.78, 5) is 0. The summed E-state index contributed by atoms with van der Waals surface area (Å²) in [5.41, 5.74) is 3.63. The van der Waals surface area contributed by atoms with Crippen molar-refractivity contribution in [2.24, 2.45) is 0 Å². The maximum Gasteiger partial charge on any atom is 0.223 e. The van der Waals surface area contributed by atoms with E-state index in [-0.39, 0.29) is 5.75 Å². The minimum atomic E-state index is 0.177. The molecule has 0 radical (unpaired) electrons. The van der Waals surface area contributed by atoms with Crippen LogP contribution in [0.4, 0.5) is 0 Å². The number of phenols is 1. The summed E-state index contributed by atoms with van der Waals surface area (Å²) < 4.78 is 1.23. The van der Waals surface area contributed by atoms with Crippen LogP contribution in [0.15, 0.2) is 21.1 Å². The monoisotopic (exact) mass is 366 g/mol. The molecule has 7 heteroatoms. The van der Waals surface area contributed by atoms with Gasteiger partial charge in [-0.3, -0.25) is 0 Å². The first-order valence-electron chi connectivity index (χ1n) is 4.29. The van der Waals surface area contributed by atoms with Gasteiger partial charge in [0, 0.05) is 12.6 Å². The molecule has 0 atom stereocenters. The zero-order valence-corrected chi connectivity index (χ0v) is 12.3. The van der Waals surface area contributed by atoms with Crippen molar-refractivity contribution in [1.82, 2.24) is 10.7 Å². The molecule has 0 saturated carbocycles. The highest BCUT2D eigenvalue weighted by atomic mass is 79.9. The summed E-state index contributed by atoms with van der Waals surface area (Å²) in [6, 6.07) is 3.55. The Labute approximate surface area is 115 Å². The molecule has 0 aliphatic heterocycles. The molecule has 86 valence electrons. The van der Waals surface area contributed by atoms with Gasteiger partial charge in [0.15, 0.2) is 6.21 Å². The normalized spacial score (nSPS) is 10.4. The van der Waals surface area contributed by atoms with Crippen molar-refractivity contribution in [2.45, 2.75) is 0 Å². The van der Waals surface area contributed by atoms with Gasteiger partial charge >= 0.3 is 0 Å². The molecular formula is C9H10Br2N3OS+. The maximum atomic E-state index is 9.51. The maximum absolute atomic E-state index is 9.51. The van der Waals surface area contributed by atoms with Crippen molar-refractivity contribution in [1.29, 1.82) is 0 Å². The van der Waals surface area contributed by atoms with Gasteiger partial charge in [0.1, 0.15) is 5.75 Å². The van der Waals surface area contributed by atoms with Crippen molar-refractivity contribution < 1.29 is 10.2 Å². The van der Waals surface area contributed by atoms with E-state index >= 15 is 0 Å². The zero-order chi connectivity index (χ0) is 12.1. The van der Waals surface area contributed by atoms with E-state index < -0.39 is 0 Å². The van der Waals surface area contributed by atoms with Crippen LogP contribution in [0.1, 0.15) is 5.56 Å². The lowest BCUT2D eigenvalue weighted by atomic mass is 10.2. The standard InChI is InChI=1S/C9H9Br2N3OS/c1-12-9(16)14-13-4-5-2-6(10)8(15)7(11)3-5/h2-4,15H,1H3,(H2,12,14,16)/p+1/b13-4+. The molecule has 1 rings (SSSR count). The molecule has 1 aromatic rings. The zero-order valence-electron chi connectivity index (χ0n) is 8.34. The molecule has 4 N–H and O–H groups in total. The highest BCUT2D eigenvalue weighted by molar-refractivity contribution is 9.11. The van der Waals surface area contributed by atoms with Crippen LogP contribution in [0.3, 0.4) is 0 Å².